The average molecular weight is 327 g/mol. The molecule has 0 bridgehead atoms. The molecule has 0 radical (unpaired) electrons. The minimum Gasteiger partial charge on any atom is -0.412 e. The van der Waals surface area contributed by atoms with Crippen LogP contribution in [0.5, 0.6) is 0 Å². The van der Waals surface area contributed by atoms with Gasteiger partial charge in [0, 0.05) is 24.6 Å². The smallest absolute Gasteiger partial charge is 0.412 e. The molecule has 0 spiro atoms. The summed E-state index contributed by atoms with van der Waals surface area (Å²) in [6.45, 7) is 1.64. The zero-order chi connectivity index (χ0) is 14.0. The number of hydroxylamine groups is 2. The molecule has 116 valence electrons. The Labute approximate surface area is 120 Å². The van der Waals surface area contributed by atoms with E-state index in [-0.39, 0.29) is 11.4 Å². The normalized spacial score (nSPS) is 23.8. The van der Waals surface area contributed by atoms with Crippen molar-refractivity contribution in [2.24, 2.45) is 16.5 Å². The van der Waals surface area contributed by atoms with Crippen LogP contribution in [0.15, 0.2) is 16.9 Å². The number of nitrogens with zero attached hydrogens (tertiary/aromatic N) is 3. The number of rotatable bonds is 3. The van der Waals surface area contributed by atoms with Gasteiger partial charge >= 0.3 is 10.4 Å². The molecule has 1 unspecified atom stereocenters. The van der Waals surface area contributed by atoms with Crippen molar-refractivity contribution in [2.75, 3.05) is 24.6 Å². The van der Waals surface area contributed by atoms with Gasteiger partial charge in [0.25, 0.3) is 0 Å². The summed E-state index contributed by atoms with van der Waals surface area (Å²) in [5, 5.41) is 0.636. The van der Waals surface area contributed by atoms with Gasteiger partial charge in [-0.2, -0.15) is 30.2 Å². The minimum absolute atomic E-state index is 0. The van der Waals surface area contributed by atoms with Gasteiger partial charge in [0.15, 0.2) is 0 Å². The van der Waals surface area contributed by atoms with Gasteiger partial charge in [-0.1, -0.05) is 0 Å². The van der Waals surface area contributed by atoms with Gasteiger partial charge in [-0.15, -0.1) is 4.28 Å². The van der Waals surface area contributed by atoms with E-state index in [9.17, 15) is 8.42 Å². The second-order valence-corrected chi connectivity index (χ2v) is 6.14. The lowest BCUT2D eigenvalue weighted by atomic mass is 10.3. The summed E-state index contributed by atoms with van der Waals surface area (Å²) in [4.78, 5) is 6.05. The van der Waals surface area contributed by atoms with Crippen LogP contribution in [0.1, 0.15) is 0 Å². The Hall–Kier alpha value is -1.05. The number of thioether (sulfide) groups is 1. The maximum Gasteiger partial charge on any atom is 0.418 e. The molecule has 2 rings (SSSR count). The average Bonchev–Trinajstić information content (AvgIpc) is 2.33. The van der Waals surface area contributed by atoms with E-state index in [1.54, 1.807) is 0 Å². The van der Waals surface area contributed by atoms with E-state index < -0.39 is 16.6 Å². The number of nitrogens with two attached hydrogens (primary N) is 2. The first-order chi connectivity index (χ1) is 8.87. The van der Waals surface area contributed by atoms with Gasteiger partial charge in [0.1, 0.15) is 12.0 Å². The Kier molecular flexibility index (Phi) is 5.61. The molecule has 0 aromatic rings. The Morgan fingerprint density at radius 1 is 1.45 bits per heavy atom. The van der Waals surface area contributed by atoms with E-state index in [1.165, 1.54) is 6.08 Å². The van der Waals surface area contributed by atoms with E-state index in [2.05, 4.69) is 9.28 Å². The molecule has 12 heteroatoms. The standard InChI is InChI=1S/C8H15N5O4S2.H2O/c9-6-5-7(12-1-3-18-4-2-12)11-8(10)13(6)17-19(14,15)16;/h5-6H,1-4,9H2,(H2,10,11)(H,14,15,16);1H2. The molecule has 2 heterocycles. The highest BCUT2D eigenvalue weighted by Crippen LogP contribution is 2.19. The quantitative estimate of drug-likeness (QED) is 0.483. The first-order valence-electron chi connectivity index (χ1n) is 5.47. The van der Waals surface area contributed by atoms with Crippen molar-refractivity contribution in [3.05, 3.63) is 11.9 Å². The highest BCUT2D eigenvalue weighted by Gasteiger charge is 2.28. The van der Waals surface area contributed by atoms with Crippen LogP contribution < -0.4 is 11.5 Å². The fraction of sp³-hybridized carbons (Fsp3) is 0.625. The monoisotopic (exact) mass is 327 g/mol. The fourth-order valence-corrected chi connectivity index (χ4v) is 3.02. The molecule has 0 aromatic heterocycles. The van der Waals surface area contributed by atoms with Crippen LogP contribution in [-0.2, 0) is 14.7 Å². The Bertz CT molecular complexity index is 501. The topological polar surface area (TPSA) is 166 Å². The number of guanidine groups is 1. The molecular formula is C8H17N5O5S2. The summed E-state index contributed by atoms with van der Waals surface area (Å²) >= 11 is 1.85. The molecule has 1 atom stereocenters. The van der Waals surface area contributed by atoms with Gasteiger partial charge in [-0.3, -0.25) is 4.55 Å². The number of hydrogen-bond donors (Lipinski definition) is 3. The van der Waals surface area contributed by atoms with Crippen molar-refractivity contribution in [2.45, 2.75) is 6.17 Å². The maximum absolute atomic E-state index is 10.7. The zero-order valence-corrected chi connectivity index (χ0v) is 12.1. The lowest BCUT2D eigenvalue weighted by Crippen LogP contribution is -2.52. The van der Waals surface area contributed by atoms with Crippen LogP contribution in [0.25, 0.3) is 0 Å². The lowest BCUT2D eigenvalue weighted by Gasteiger charge is -2.34. The van der Waals surface area contributed by atoms with E-state index in [0.29, 0.717) is 10.9 Å². The van der Waals surface area contributed by atoms with Gasteiger partial charge in [-0.25, -0.2) is 0 Å². The second kappa shape index (κ2) is 6.60. The molecule has 10 nitrogen and oxygen atoms in total. The summed E-state index contributed by atoms with van der Waals surface area (Å²) in [7, 11) is -4.69. The van der Waals surface area contributed by atoms with Gasteiger partial charge in [0.05, 0.1) is 0 Å². The lowest BCUT2D eigenvalue weighted by molar-refractivity contribution is -0.0132. The Balaban J connectivity index is 0.00000200. The highest BCUT2D eigenvalue weighted by atomic mass is 32.3. The third-order valence-electron chi connectivity index (χ3n) is 2.56. The molecule has 1 fully saturated rings. The molecule has 0 amide bonds. The third-order valence-corrected chi connectivity index (χ3v) is 3.85. The summed E-state index contributed by atoms with van der Waals surface area (Å²) in [6, 6.07) is 0. The van der Waals surface area contributed by atoms with Gasteiger partial charge < -0.3 is 21.8 Å². The van der Waals surface area contributed by atoms with Crippen molar-refractivity contribution in [3.8, 4) is 0 Å². The van der Waals surface area contributed by atoms with Crippen LogP contribution in [0, 0.1) is 0 Å². The highest BCUT2D eigenvalue weighted by molar-refractivity contribution is 7.99. The van der Waals surface area contributed by atoms with Crippen molar-refractivity contribution >= 4 is 28.1 Å². The SMILES string of the molecule is NC1=NC(N2CCSCC2)=CC(N)N1OS(=O)(=O)O.O. The van der Waals surface area contributed by atoms with E-state index >= 15 is 0 Å². The number of aliphatic imine (C=N–C) groups is 1. The molecule has 2 aliphatic heterocycles. The summed E-state index contributed by atoms with van der Waals surface area (Å²) in [5.41, 5.74) is 11.3. The first-order valence-corrected chi connectivity index (χ1v) is 7.99. The van der Waals surface area contributed by atoms with Crippen molar-refractivity contribution in [1.82, 2.24) is 9.96 Å². The van der Waals surface area contributed by atoms with Crippen molar-refractivity contribution in [1.29, 1.82) is 0 Å². The molecule has 2 aliphatic rings. The van der Waals surface area contributed by atoms with Crippen LogP contribution in [-0.4, -0.2) is 65.1 Å². The molecule has 0 aromatic carbocycles. The van der Waals surface area contributed by atoms with E-state index in [4.69, 9.17) is 16.0 Å². The van der Waals surface area contributed by atoms with Gasteiger partial charge in [0.2, 0.25) is 5.96 Å². The Morgan fingerprint density at radius 2 is 2.05 bits per heavy atom. The van der Waals surface area contributed by atoms with E-state index in [1.807, 2.05) is 16.7 Å². The third kappa shape index (κ3) is 4.22. The van der Waals surface area contributed by atoms with Gasteiger partial charge in [-0.05, 0) is 6.08 Å². The molecule has 1 saturated heterocycles. The minimum atomic E-state index is -4.69. The largest absolute Gasteiger partial charge is 0.418 e. The fourth-order valence-electron chi connectivity index (χ4n) is 1.73. The maximum atomic E-state index is 10.7. The molecular weight excluding hydrogens is 310 g/mol. The van der Waals surface area contributed by atoms with E-state index in [0.717, 1.165) is 24.6 Å². The predicted molar refractivity (Wildman–Crippen MR) is 74.7 cm³/mol. The second-order valence-electron chi connectivity index (χ2n) is 3.91. The van der Waals surface area contributed by atoms with Crippen LogP contribution in [0.4, 0.5) is 0 Å². The van der Waals surface area contributed by atoms with Crippen molar-refractivity contribution < 1.29 is 22.7 Å². The predicted octanol–water partition coefficient (Wildman–Crippen LogP) is -2.30. The summed E-state index contributed by atoms with van der Waals surface area (Å²) < 4.78 is 34.2. The first kappa shape index (κ1) is 17.0. The Morgan fingerprint density at radius 3 is 2.55 bits per heavy atom. The van der Waals surface area contributed by atoms with Crippen molar-refractivity contribution in [3.63, 3.8) is 0 Å². The molecule has 0 saturated carbocycles. The summed E-state index contributed by atoms with van der Waals surface area (Å²) in [5.74, 6) is 2.32. The molecule has 7 N–H and O–H groups in total. The molecule has 0 aliphatic carbocycles. The van der Waals surface area contributed by atoms with Crippen LogP contribution in [0.3, 0.4) is 0 Å². The molecule has 20 heavy (non-hydrogen) atoms. The zero-order valence-electron chi connectivity index (χ0n) is 10.5. The summed E-state index contributed by atoms with van der Waals surface area (Å²) in [6.07, 6.45) is 0.585. The number of hydrogen-bond acceptors (Lipinski definition) is 9. The van der Waals surface area contributed by atoms with Crippen LogP contribution >= 0.6 is 11.8 Å². The van der Waals surface area contributed by atoms with Crippen LogP contribution in [0.2, 0.25) is 0 Å².